The Morgan fingerprint density at radius 1 is 1.10 bits per heavy atom. The molecule has 0 radical (unpaired) electrons. The van der Waals surface area contributed by atoms with Crippen molar-refractivity contribution in [3.05, 3.63) is 59.9 Å². The first kappa shape index (κ1) is 12.4. The maximum absolute atomic E-state index is 10.1. The topological polar surface area (TPSA) is 58.0 Å². The Morgan fingerprint density at radius 3 is 2.80 bits per heavy atom. The van der Waals surface area contributed by atoms with Gasteiger partial charge in [-0.05, 0) is 29.8 Å². The summed E-state index contributed by atoms with van der Waals surface area (Å²) in [5, 5.41) is 15.4. The highest BCUT2D eigenvalue weighted by molar-refractivity contribution is 5.87. The van der Waals surface area contributed by atoms with Gasteiger partial charge in [-0.15, -0.1) is 0 Å². The van der Waals surface area contributed by atoms with Crippen LogP contribution in [0, 0.1) is 6.92 Å². The molecule has 4 heteroatoms. The number of phenols is 1. The van der Waals surface area contributed by atoms with E-state index in [-0.39, 0.29) is 5.75 Å². The number of anilines is 1. The molecule has 4 nitrogen and oxygen atoms in total. The maximum Gasteiger partial charge on any atom is 0.223 e. The van der Waals surface area contributed by atoms with E-state index in [4.69, 9.17) is 0 Å². The van der Waals surface area contributed by atoms with Gasteiger partial charge < -0.3 is 10.4 Å². The molecule has 0 aliphatic rings. The van der Waals surface area contributed by atoms with Crippen LogP contribution in [-0.2, 0) is 6.54 Å². The van der Waals surface area contributed by atoms with Crippen LogP contribution in [-0.4, -0.2) is 15.1 Å². The third-order valence-corrected chi connectivity index (χ3v) is 3.23. The second-order valence-electron chi connectivity index (χ2n) is 4.66. The molecule has 0 amide bonds. The third-order valence-electron chi connectivity index (χ3n) is 3.23. The van der Waals surface area contributed by atoms with Crippen LogP contribution in [0.3, 0.4) is 0 Å². The summed E-state index contributed by atoms with van der Waals surface area (Å²) in [5.74, 6) is 0.848. The smallest absolute Gasteiger partial charge is 0.223 e. The SMILES string of the molecule is Cc1ccnc(NCc2c(O)ccc3ccccc23)n1. The predicted octanol–water partition coefficient (Wildman–Crippen LogP) is 3.26. The number of hydrogen-bond acceptors (Lipinski definition) is 4. The van der Waals surface area contributed by atoms with Crippen LogP contribution in [0.2, 0.25) is 0 Å². The fourth-order valence-corrected chi connectivity index (χ4v) is 2.21. The van der Waals surface area contributed by atoms with Gasteiger partial charge in [0, 0.05) is 24.0 Å². The van der Waals surface area contributed by atoms with Crippen molar-refractivity contribution in [3.8, 4) is 5.75 Å². The zero-order valence-electron chi connectivity index (χ0n) is 11.2. The molecule has 0 fully saturated rings. The first-order valence-electron chi connectivity index (χ1n) is 6.47. The van der Waals surface area contributed by atoms with E-state index < -0.39 is 0 Å². The largest absolute Gasteiger partial charge is 0.508 e. The summed E-state index contributed by atoms with van der Waals surface area (Å²) < 4.78 is 0. The van der Waals surface area contributed by atoms with Crippen molar-refractivity contribution in [2.45, 2.75) is 13.5 Å². The quantitative estimate of drug-likeness (QED) is 0.763. The lowest BCUT2D eigenvalue weighted by Gasteiger charge is -2.10. The lowest BCUT2D eigenvalue weighted by molar-refractivity contribution is 0.470. The molecule has 2 aromatic carbocycles. The van der Waals surface area contributed by atoms with Gasteiger partial charge >= 0.3 is 0 Å². The Labute approximate surface area is 117 Å². The van der Waals surface area contributed by atoms with Crippen LogP contribution in [0.1, 0.15) is 11.3 Å². The highest BCUT2D eigenvalue weighted by Crippen LogP contribution is 2.27. The van der Waals surface area contributed by atoms with Gasteiger partial charge in [0.2, 0.25) is 5.95 Å². The number of aromatic nitrogens is 2. The minimum absolute atomic E-state index is 0.281. The Hall–Kier alpha value is -2.62. The van der Waals surface area contributed by atoms with Crippen LogP contribution >= 0.6 is 0 Å². The van der Waals surface area contributed by atoms with Crippen LogP contribution in [0.4, 0.5) is 5.95 Å². The molecule has 20 heavy (non-hydrogen) atoms. The summed E-state index contributed by atoms with van der Waals surface area (Å²) >= 11 is 0. The Bertz CT molecular complexity index is 756. The van der Waals surface area contributed by atoms with Crippen molar-refractivity contribution in [1.29, 1.82) is 0 Å². The molecular weight excluding hydrogens is 250 g/mol. The van der Waals surface area contributed by atoms with Crippen LogP contribution < -0.4 is 5.32 Å². The van der Waals surface area contributed by atoms with Crippen LogP contribution in [0.5, 0.6) is 5.75 Å². The van der Waals surface area contributed by atoms with Crippen molar-refractivity contribution >= 4 is 16.7 Å². The number of aryl methyl sites for hydroxylation is 1. The summed E-state index contributed by atoms with van der Waals surface area (Å²) in [6.45, 7) is 2.40. The predicted molar refractivity (Wildman–Crippen MR) is 79.7 cm³/mol. The van der Waals surface area contributed by atoms with E-state index in [1.165, 1.54) is 0 Å². The zero-order valence-corrected chi connectivity index (χ0v) is 11.2. The van der Waals surface area contributed by atoms with Gasteiger partial charge in [0.05, 0.1) is 0 Å². The van der Waals surface area contributed by atoms with Gasteiger partial charge in [-0.1, -0.05) is 30.3 Å². The molecule has 1 heterocycles. The summed E-state index contributed by atoms with van der Waals surface area (Å²) in [4.78, 5) is 8.45. The van der Waals surface area contributed by atoms with Gasteiger partial charge in [-0.25, -0.2) is 9.97 Å². The van der Waals surface area contributed by atoms with E-state index in [1.807, 2.05) is 43.3 Å². The minimum atomic E-state index is 0.281. The van der Waals surface area contributed by atoms with Crippen LogP contribution in [0.25, 0.3) is 10.8 Å². The van der Waals surface area contributed by atoms with Gasteiger partial charge in [0.1, 0.15) is 5.75 Å². The summed E-state index contributed by atoms with van der Waals surface area (Å²) in [5.41, 5.74) is 1.76. The molecule has 0 bridgehead atoms. The van der Waals surface area contributed by atoms with Gasteiger partial charge in [0.15, 0.2) is 0 Å². The van der Waals surface area contributed by atoms with Crippen molar-refractivity contribution in [3.63, 3.8) is 0 Å². The van der Waals surface area contributed by atoms with E-state index in [1.54, 1.807) is 12.3 Å². The summed E-state index contributed by atoms with van der Waals surface area (Å²) in [6.07, 6.45) is 1.72. The third kappa shape index (κ3) is 2.40. The van der Waals surface area contributed by atoms with E-state index in [9.17, 15) is 5.11 Å². The molecule has 0 saturated heterocycles. The highest BCUT2D eigenvalue weighted by atomic mass is 16.3. The standard InChI is InChI=1S/C16H15N3O/c1-11-8-9-17-16(19-11)18-10-14-13-5-3-2-4-12(13)6-7-15(14)20/h2-9,20H,10H2,1H3,(H,17,18,19). The van der Waals surface area contributed by atoms with E-state index >= 15 is 0 Å². The summed E-state index contributed by atoms with van der Waals surface area (Å²) in [6, 6.07) is 13.5. The van der Waals surface area contributed by atoms with Crippen molar-refractivity contribution in [2.24, 2.45) is 0 Å². The molecule has 0 spiro atoms. The number of phenolic OH excluding ortho intramolecular Hbond substituents is 1. The Kier molecular flexibility index (Phi) is 3.21. The summed E-state index contributed by atoms with van der Waals surface area (Å²) in [7, 11) is 0. The van der Waals surface area contributed by atoms with E-state index in [0.29, 0.717) is 12.5 Å². The molecular formula is C16H15N3O. The zero-order chi connectivity index (χ0) is 13.9. The lowest BCUT2D eigenvalue weighted by atomic mass is 10.0. The van der Waals surface area contributed by atoms with Gasteiger partial charge in [-0.3, -0.25) is 0 Å². The van der Waals surface area contributed by atoms with E-state index in [0.717, 1.165) is 22.0 Å². The van der Waals surface area contributed by atoms with Gasteiger partial charge in [0.25, 0.3) is 0 Å². The number of nitrogens with one attached hydrogen (secondary N) is 1. The maximum atomic E-state index is 10.1. The molecule has 3 aromatic rings. The Morgan fingerprint density at radius 2 is 1.95 bits per heavy atom. The van der Waals surface area contributed by atoms with Crippen molar-refractivity contribution in [2.75, 3.05) is 5.32 Å². The van der Waals surface area contributed by atoms with Crippen molar-refractivity contribution in [1.82, 2.24) is 9.97 Å². The molecule has 1 aromatic heterocycles. The molecule has 100 valence electrons. The number of hydrogen-bond donors (Lipinski definition) is 2. The second kappa shape index (κ2) is 5.17. The number of rotatable bonds is 3. The molecule has 0 atom stereocenters. The molecule has 0 saturated carbocycles. The lowest BCUT2D eigenvalue weighted by Crippen LogP contribution is -2.04. The first-order chi connectivity index (χ1) is 9.74. The number of aromatic hydroxyl groups is 1. The first-order valence-corrected chi connectivity index (χ1v) is 6.47. The molecule has 0 unspecified atom stereocenters. The minimum Gasteiger partial charge on any atom is -0.508 e. The molecule has 2 N–H and O–H groups in total. The highest BCUT2D eigenvalue weighted by Gasteiger charge is 2.07. The average molecular weight is 265 g/mol. The van der Waals surface area contributed by atoms with Crippen molar-refractivity contribution < 1.29 is 5.11 Å². The normalized spacial score (nSPS) is 10.7. The number of benzene rings is 2. The molecule has 0 aliphatic carbocycles. The number of nitrogens with zero attached hydrogens (tertiary/aromatic N) is 2. The molecule has 0 aliphatic heterocycles. The van der Waals surface area contributed by atoms with Gasteiger partial charge in [-0.2, -0.15) is 0 Å². The fourth-order valence-electron chi connectivity index (χ4n) is 2.21. The van der Waals surface area contributed by atoms with E-state index in [2.05, 4.69) is 15.3 Å². The monoisotopic (exact) mass is 265 g/mol. The Balaban J connectivity index is 1.92. The molecule has 3 rings (SSSR count). The fraction of sp³-hybridized carbons (Fsp3) is 0.125. The average Bonchev–Trinajstić information content (AvgIpc) is 2.46. The second-order valence-corrected chi connectivity index (χ2v) is 4.66. The van der Waals surface area contributed by atoms with Crippen LogP contribution in [0.15, 0.2) is 48.7 Å². The number of fused-ring (bicyclic) bond motifs is 1.